The smallest absolute Gasteiger partial charge is 0.272 e. The number of rotatable bonds is 5. The predicted molar refractivity (Wildman–Crippen MR) is 84.3 cm³/mol. The number of carbonyl (C=O) groups is 1. The number of nitrogens with zero attached hydrogens (tertiary/aromatic N) is 1. The van der Waals surface area contributed by atoms with Crippen LogP contribution in [-0.2, 0) is 11.8 Å². The number of aromatic nitrogens is 1. The van der Waals surface area contributed by atoms with E-state index in [9.17, 15) is 4.79 Å². The van der Waals surface area contributed by atoms with Crippen molar-refractivity contribution in [2.75, 3.05) is 18.5 Å². The van der Waals surface area contributed by atoms with Gasteiger partial charge in [0.2, 0.25) is 0 Å². The Morgan fingerprint density at radius 2 is 2.32 bits per heavy atom. The molecule has 22 heavy (non-hydrogen) atoms. The number of nitrogens with one attached hydrogen (secondary N) is 1. The van der Waals surface area contributed by atoms with Crippen molar-refractivity contribution in [2.45, 2.75) is 18.9 Å². The first-order chi connectivity index (χ1) is 10.7. The van der Waals surface area contributed by atoms with Gasteiger partial charge in [0.05, 0.1) is 6.10 Å². The number of aryl methyl sites for hydroxylation is 1. The molecule has 1 aromatic carbocycles. The van der Waals surface area contributed by atoms with Crippen LogP contribution in [0.2, 0.25) is 0 Å². The second-order valence-corrected chi connectivity index (χ2v) is 5.43. The van der Waals surface area contributed by atoms with E-state index in [1.807, 2.05) is 43.6 Å². The summed E-state index contributed by atoms with van der Waals surface area (Å²) in [5, 5.41) is 2.88. The Bertz CT molecular complexity index is 645. The SMILES string of the molecule is Cn1cccc1C(=O)Nc1cccc(OCC2CCCO2)c1. The van der Waals surface area contributed by atoms with Crippen LogP contribution in [0.5, 0.6) is 5.75 Å². The molecule has 1 aromatic heterocycles. The maximum absolute atomic E-state index is 12.2. The first-order valence-electron chi connectivity index (χ1n) is 7.49. The average molecular weight is 300 g/mol. The lowest BCUT2D eigenvalue weighted by Crippen LogP contribution is -2.17. The van der Waals surface area contributed by atoms with Gasteiger partial charge >= 0.3 is 0 Å². The molecule has 0 saturated carbocycles. The van der Waals surface area contributed by atoms with Gasteiger partial charge in [0.1, 0.15) is 18.1 Å². The van der Waals surface area contributed by atoms with E-state index in [4.69, 9.17) is 9.47 Å². The Kier molecular flexibility index (Phi) is 4.44. The number of hydrogen-bond acceptors (Lipinski definition) is 3. The molecule has 5 heteroatoms. The topological polar surface area (TPSA) is 52.5 Å². The van der Waals surface area contributed by atoms with Crippen molar-refractivity contribution in [3.63, 3.8) is 0 Å². The molecule has 1 N–H and O–H groups in total. The first kappa shape index (κ1) is 14.7. The number of carbonyl (C=O) groups excluding carboxylic acids is 1. The highest BCUT2D eigenvalue weighted by atomic mass is 16.5. The molecule has 1 aliphatic heterocycles. The van der Waals surface area contributed by atoms with Gasteiger partial charge in [0.25, 0.3) is 5.91 Å². The molecule has 3 rings (SSSR count). The van der Waals surface area contributed by atoms with E-state index in [2.05, 4.69) is 5.32 Å². The van der Waals surface area contributed by atoms with E-state index < -0.39 is 0 Å². The molecular formula is C17H20N2O3. The molecule has 1 aliphatic rings. The number of amides is 1. The van der Waals surface area contributed by atoms with Crippen LogP contribution < -0.4 is 10.1 Å². The summed E-state index contributed by atoms with van der Waals surface area (Å²) in [5.74, 6) is 0.601. The van der Waals surface area contributed by atoms with Gasteiger partial charge in [-0.1, -0.05) is 6.07 Å². The zero-order valence-electron chi connectivity index (χ0n) is 12.6. The standard InChI is InChI=1S/C17H20N2O3/c1-19-9-3-8-16(19)17(20)18-13-5-2-6-14(11-13)22-12-15-7-4-10-21-15/h2-3,5-6,8-9,11,15H,4,7,10,12H2,1H3,(H,18,20). The minimum atomic E-state index is -0.135. The van der Waals surface area contributed by atoms with Crippen LogP contribution in [0.3, 0.4) is 0 Å². The molecule has 2 heterocycles. The molecule has 1 amide bonds. The summed E-state index contributed by atoms with van der Waals surface area (Å²) in [6, 6.07) is 11.1. The summed E-state index contributed by atoms with van der Waals surface area (Å²) < 4.78 is 13.1. The Balaban J connectivity index is 1.61. The van der Waals surface area contributed by atoms with Gasteiger partial charge in [-0.15, -0.1) is 0 Å². The van der Waals surface area contributed by atoms with E-state index >= 15 is 0 Å². The van der Waals surface area contributed by atoms with Gasteiger partial charge in [-0.25, -0.2) is 0 Å². The highest BCUT2D eigenvalue weighted by molar-refractivity contribution is 6.03. The van der Waals surface area contributed by atoms with E-state index in [1.54, 1.807) is 10.6 Å². The van der Waals surface area contributed by atoms with Crippen molar-refractivity contribution in [1.29, 1.82) is 0 Å². The van der Waals surface area contributed by atoms with Crippen LogP contribution in [-0.4, -0.2) is 29.8 Å². The highest BCUT2D eigenvalue weighted by Crippen LogP contribution is 2.20. The van der Waals surface area contributed by atoms with Crippen molar-refractivity contribution >= 4 is 11.6 Å². The second kappa shape index (κ2) is 6.66. The summed E-state index contributed by atoms with van der Waals surface area (Å²) in [7, 11) is 1.84. The average Bonchev–Trinajstić information content (AvgIpc) is 3.16. The van der Waals surface area contributed by atoms with Crippen molar-refractivity contribution in [2.24, 2.45) is 7.05 Å². The van der Waals surface area contributed by atoms with Crippen molar-refractivity contribution < 1.29 is 14.3 Å². The van der Waals surface area contributed by atoms with E-state index in [1.165, 1.54) is 0 Å². The van der Waals surface area contributed by atoms with Crippen LogP contribution in [0.15, 0.2) is 42.6 Å². The second-order valence-electron chi connectivity index (χ2n) is 5.43. The molecule has 1 unspecified atom stereocenters. The Morgan fingerprint density at radius 1 is 1.41 bits per heavy atom. The lowest BCUT2D eigenvalue weighted by molar-refractivity contribution is 0.0680. The number of hydrogen-bond donors (Lipinski definition) is 1. The molecular weight excluding hydrogens is 280 g/mol. The predicted octanol–water partition coefficient (Wildman–Crippen LogP) is 2.84. The minimum Gasteiger partial charge on any atom is -0.491 e. The number of benzene rings is 1. The minimum absolute atomic E-state index is 0.135. The summed E-state index contributed by atoms with van der Waals surface area (Å²) in [6.07, 6.45) is 4.17. The Hall–Kier alpha value is -2.27. The van der Waals surface area contributed by atoms with Gasteiger partial charge in [-0.3, -0.25) is 4.79 Å². The van der Waals surface area contributed by atoms with Crippen LogP contribution in [0.1, 0.15) is 23.3 Å². The van der Waals surface area contributed by atoms with Crippen LogP contribution >= 0.6 is 0 Å². The molecule has 116 valence electrons. The number of anilines is 1. The van der Waals surface area contributed by atoms with Crippen LogP contribution in [0.4, 0.5) is 5.69 Å². The molecule has 0 bridgehead atoms. The monoisotopic (exact) mass is 300 g/mol. The molecule has 0 radical (unpaired) electrons. The summed E-state index contributed by atoms with van der Waals surface area (Å²) in [5.41, 5.74) is 1.33. The lowest BCUT2D eigenvalue weighted by Gasteiger charge is -2.12. The zero-order chi connectivity index (χ0) is 15.4. The van der Waals surface area contributed by atoms with Gasteiger partial charge < -0.3 is 19.4 Å². The van der Waals surface area contributed by atoms with Gasteiger partial charge in [-0.05, 0) is 37.1 Å². The van der Waals surface area contributed by atoms with Crippen molar-refractivity contribution in [3.05, 3.63) is 48.3 Å². The fraction of sp³-hybridized carbons (Fsp3) is 0.353. The summed E-state index contributed by atoms with van der Waals surface area (Å²) >= 11 is 0. The Labute approximate surface area is 129 Å². The molecule has 1 atom stereocenters. The zero-order valence-corrected chi connectivity index (χ0v) is 12.6. The van der Waals surface area contributed by atoms with E-state index in [-0.39, 0.29) is 12.0 Å². The van der Waals surface area contributed by atoms with Gasteiger partial charge in [-0.2, -0.15) is 0 Å². The van der Waals surface area contributed by atoms with Crippen LogP contribution in [0, 0.1) is 0 Å². The van der Waals surface area contributed by atoms with E-state index in [0.717, 1.165) is 30.9 Å². The maximum atomic E-state index is 12.2. The summed E-state index contributed by atoms with van der Waals surface area (Å²) in [6.45, 7) is 1.37. The van der Waals surface area contributed by atoms with Gasteiger partial charge in [0, 0.05) is 31.6 Å². The molecule has 1 fully saturated rings. The molecule has 0 aliphatic carbocycles. The third-order valence-corrected chi connectivity index (χ3v) is 3.73. The largest absolute Gasteiger partial charge is 0.491 e. The fourth-order valence-electron chi connectivity index (χ4n) is 2.52. The molecule has 2 aromatic rings. The third kappa shape index (κ3) is 3.49. The Morgan fingerprint density at radius 3 is 3.05 bits per heavy atom. The maximum Gasteiger partial charge on any atom is 0.272 e. The number of ether oxygens (including phenoxy) is 2. The quantitative estimate of drug-likeness (QED) is 0.924. The lowest BCUT2D eigenvalue weighted by atomic mass is 10.2. The molecule has 0 spiro atoms. The highest BCUT2D eigenvalue weighted by Gasteiger charge is 2.16. The van der Waals surface area contributed by atoms with Crippen molar-refractivity contribution in [3.8, 4) is 5.75 Å². The van der Waals surface area contributed by atoms with Crippen LogP contribution in [0.25, 0.3) is 0 Å². The third-order valence-electron chi connectivity index (χ3n) is 3.73. The molecule has 5 nitrogen and oxygen atoms in total. The summed E-state index contributed by atoms with van der Waals surface area (Å²) in [4.78, 5) is 12.2. The van der Waals surface area contributed by atoms with E-state index in [0.29, 0.717) is 12.3 Å². The van der Waals surface area contributed by atoms with Gasteiger partial charge in [0.15, 0.2) is 0 Å². The normalized spacial score (nSPS) is 17.4. The van der Waals surface area contributed by atoms with Crippen molar-refractivity contribution in [1.82, 2.24) is 4.57 Å². The fourth-order valence-corrected chi connectivity index (χ4v) is 2.52. The first-order valence-corrected chi connectivity index (χ1v) is 7.49. The molecule has 1 saturated heterocycles.